The first-order valence-corrected chi connectivity index (χ1v) is 11.6. The van der Waals surface area contributed by atoms with E-state index in [0.29, 0.717) is 23.7 Å². The molecule has 3 fully saturated rings. The smallest absolute Gasteiger partial charge is 0.329 e. The van der Waals surface area contributed by atoms with Crippen LogP contribution in [0.1, 0.15) is 93.1 Å². The van der Waals surface area contributed by atoms with Crippen LogP contribution in [0, 0.1) is 0 Å². The molecule has 0 bridgehead atoms. The highest BCUT2D eigenvalue weighted by molar-refractivity contribution is 6.05. The van der Waals surface area contributed by atoms with Crippen molar-refractivity contribution in [3.8, 4) is 0 Å². The normalized spacial score (nSPS) is 19.9. The fourth-order valence-corrected chi connectivity index (χ4v) is 4.96. The number of amides is 1. The topological polar surface area (TPSA) is 88.1 Å². The Morgan fingerprint density at radius 1 is 1.10 bits per heavy atom. The predicted molar refractivity (Wildman–Crippen MR) is 115 cm³/mol. The predicted octanol–water partition coefficient (Wildman–Crippen LogP) is 3.31. The molecule has 0 radical (unpaired) electrons. The van der Waals surface area contributed by atoms with Gasteiger partial charge in [0.15, 0.2) is 5.65 Å². The zero-order valence-electron chi connectivity index (χ0n) is 17.7. The van der Waals surface area contributed by atoms with E-state index in [1.807, 2.05) is 13.0 Å². The van der Waals surface area contributed by atoms with Crippen LogP contribution in [0.15, 0.2) is 15.7 Å². The van der Waals surface area contributed by atoms with Crippen molar-refractivity contribution < 1.29 is 4.79 Å². The van der Waals surface area contributed by atoms with Crippen molar-refractivity contribution in [3.63, 3.8) is 0 Å². The molecular formula is C23H30N4O3. The number of pyridine rings is 1. The summed E-state index contributed by atoms with van der Waals surface area (Å²) in [7, 11) is 0. The van der Waals surface area contributed by atoms with Gasteiger partial charge in [-0.05, 0) is 51.0 Å². The summed E-state index contributed by atoms with van der Waals surface area (Å²) in [6, 6.07) is 2.39. The van der Waals surface area contributed by atoms with Crippen LogP contribution in [0.25, 0.3) is 11.0 Å². The summed E-state index contributed by atoms with van der Waals surface area (Å²) < 4.78 is 1.53. The van der Waals surface area contributed by atoms with Gasteiger partial charge < -0.3 is 4.90 Å². The van der Waals surface area contributed by atoms with Gasteiger partial charge in [-0.25, -0.2) is 9.78 Å². The Hall–Kier alpha value is -2.44. The lowest BCUT2D eigenvalue weighted by Gasteiger charge is -2.35. The van der Waals surface area contributed by atoms with Gasteiger partial charge in [0.2, 0.25) is 0 Å². The highest BCUT2D eigenvalue weighted by Crippen LogP contribution is 2.41. The standard InChI is InChI=1S/C23H30N4O3/c1-2-12-26-20-19(21(28)25-23(26)30)17(13-18(24-20)14-8-9-14)22(29)27(16-10-11-16)15-6-4-3-5-7-15/h13-16H,2-12H2,1H3,(H,25,28,30). The number of hydrogen-bond donors (Lipinski definition) is 1. The van der Waals surface area contributed by atoms with Crippen LogP contribution in [0.3, 0.4) is 0 Å². The maximum atomic E-state index is 13.9. The second kappa shape index (κ2) is 7.67. The molecule has 1 amide bonds. The van der Waals surface area contributed by atoms with Gasteiger partial charge in [-0.1, -0.05) is 26.2 Å². The third kappa shape index (κ3) is 3.48. The number of nitrogens with zero attached hydrogens (tertiary/aromatic N) is 3. The molecule has 3 aliphatic carbocycles. The van der Waals surface area contributed by atoms with E-state index in [2.05, 4.69) is 9.88 Å². The Labute approximate surface area is 175 Å². The van der Waals surface area contributed by atoms with Gasteiger partial charge in [0.25, 0.3) is 11.5 Å². The first-order chi connectivity index (χ1) is 14.6. The number of carbonyl (C=O) groups is 1. The average Bonchev–Trinajstić information content (AvgIpc) is 3.64. The van der Waals surface area contributed by atoms with Crippen LogP contribution in [-0.2, 0) is 6.54 Å². The summed E-state index contributed by atoms with van der Waals surface area (Å²) in [4.78, 5) is 48.5. The molecule has 1 N–H and O–H groups in total. The minimum atomic E-state index is -0.500. The average molecular weight is 411 g/mol. The summed E-state index contributed by atoms with van der Waals surface area (Å²) in [5, 5.41) is 0.277. The van der Waals surface area contributed by atoms with E-state index in [9.17, 15) is 14.4 Å². The molecule has 0 spiro atoms. The number of hydrogen-bond acceptors (Lipinski definition) is 4. The number of aromatic amines is 1. The molecule has 30 heavy (non-hydrogen) atoms. The third-order valence-electron chi connectivity index (χ3n) is 6.78. The van der Waals surface area contributed by atoms with Crippen LogP contribution in [-0.4, -0.2) is 37.4 Å². The van der Waals surface area contributed by atoms with E-state index in [-0.39, 0.29) is 23.4 Å². The molecule has 2 aromatic heterocycles. The summed E-state index contributed by atoms with van der Waals surface area (Å²) in [5.74, 6) is 0.278. The first kappa shape index (κ1) is 19.5. The molecule has 7 heteroatoms. The minimum absolute atomic E-state index is 0.0501. The second-order valence-electron chi connectivity index (χ2n) is 9.21. The third-order valence-corrected chi connectivity index (χ3v) is 6.78. The molecule has 2 aromatic rings. The van der Waals surface area contributed by atoms with E-state index in [0.717, 1.165) is 63.5 Å². The lowest BCUT2D eigenvalue weighted by Crippen LogP contribution is -2.43. The molecule has 7 nitrogen and oxygen atoms in total. The van der Waals surface area contributed by atoms with Crippen LogP contribution in [0.4, 0.5) is 0 Å². The van der Waals surface area contributed by atoms with Gasteiger partial charge >= 0.3 is 5.69 Å². The number of H-pyrrole nitrogens is 1. The van der Waals surface area contributed by atoms with E-state index >= 15 is 0 Å². The molecule has 0 unspecified atom stereocenters. The van der Waals surface area contributed by atoms with Crippen molar-refractivity contribution in [1.29, 1.82) is 0 Å². The maximum absolute atomic E-state index is 13.9. The van der Waals surface area contributed by atoms with E-state index in [1.165, 1.54) is 11.0 Å². The number of rotatable bonds is 6. The number of nitrogens with one attached hydrogen (secondary N) is 1. The molecule has 0 saturated heterocycles. The Balaban J connectivity index is 1.69. The molecule has 5 rings (SSSR count). The lowest BCUT2D eigenvalue weighted by molar-refractivity contribution is 0.0615. The van der Waals surface area contributed by atoms with Crippen molar-refractivity contribution in [3.05, 3.63) is 38.2 Å². The fraction of sp³-hybridized carbons (Fsp3) is 0.652. The van der Waals surface area contributed by atoms with Crippen molar-refractivity contribution in [2.75, 3.05) is 0 Å². The minimum Gasteiger partial charge on any atom is -0.333 e. The largest absolute Gasteiger partial charge is 0.333 e. The van der Waals surface area contributed by atoms with E-state index in [4.69, 9.17) is 4.98 Å². The van der Waals surface area contributed by atoms with Gasteiger partial charge in [-0.2, -0.15) is 0 Å². The number of carbonyl (C=O) groups excluding carboxylic acids is 1. The zero-order chi connectivity index (χ0) is 20.8. The van der Waals surface area contributed by atoms with Crippen molar-refractivity contribution in [2.45, 2.75) is 95.7 Å². The number of aryl methyl sites for hydroxylation is 1. The fourth-order valence-electron chi connectivity index (χ4n) is 4.96. The van der Waals surface area contributed by atoms with Gasteiger partial charge in [-0.3, -0.25) is 19.1 Å². The Kier molecular flexibility index (Phi) is 4.99. The number of aromatic nitrogens is 3. The van der Waals surface area contributed by atoms with Gasteiger partial charge in [0.1, 0.15) is 0 Å². The lowest BCUT2D eigenvalue weighted by atomic mass is 9.93. The van der Waals surface area contributed by atoms with E-state index < -0.39 is 11.2 Å². The summed E-state index contributed by atoms with van der Waals surface area (Å²) >= 11 is 0. The first-order valence-electron chi connectivity index (χ1n) is 11.6. The molecule has 3 saturated carbocycles. The molecule has 0 atom stereocenters. The molecule has 3 aliphatic rings. The van der Waals surface area contributed by atoms with Crippen LogP contribution in [0.5, 0.6) is 0 Å². The van der Waals surface area contributed by atoms with Gasteiger partial charge in [-0.15, -0.1) is 0 Å². The highest BCUT2D eigenvalue weighted by atomic mass is 16.2. The highest BCUT2D eigenvalue weighted by Gasteiger charge is 2.39. The second-order valence-corrected chi connectivity index (χ2v) is 9.21. The van der Waals surface area contributed by atoms with E-state index in [1.54, 1.807) is 0 Å². The van der Waals surface area contributed by atoms with Gasteiger partial charge in [0, 0.05) is 30.2 Å². The SMILES string of the molecule is CCCn1c(=O)[nH]c(=O)c2c(C(=O)N(C3CCCCC3)C3CC3)cc(C3CC3)nc21. The van der Waals surface area contributed by atoms with Crippen LogP contribution in [0.2, 0.25) is 0 Å². The maximum Gasteiger partial charge on any atom is 0.329 e. The molecule has 160 valence electrons. The molecule has 2 heterocycles. The quantitative estimate of drug-likeness (QED) is 0.791. The Bertz CT molecular complexity index is 1090. The number of fused-ring (bicyclic) bond motifs is 1. The molecule has 0 aliphatic heterocycles. The molecular weight excluding hydrogens is 380 g/mol. The monoisotopic (exact) mass is 410 g/mol. The van der Waals surface area contributed by atoms with Gasteiger partial charge in [0.05, 0.1) is 10.9 Å². The van der Waals surface area contributed by atoms with Crippen LogP contribution >= 0.6 is 0 Å². The van der Waals surface area contributed by atoms with Crippen LogP contribution < -0.4 is 11.2 Å². The van der Waals surface area contributed by atoms with Crippen molar-refractivity contribution in [1.82, 2.24) is 19.4 Å². The summed E-state index contributed by atoms with van der Waals surface area (Å²) in [5.41, 5.74) is 0.711. The summed E-state index contributed by atoms with van der Waals surface area (Å²) in [6.45, 7) is 2.45. The zero-order valence-corrected chi connectivity index (χ0v) is 17.7. The Morgan fingerprint density at radius 2 is 1.80 bits per heavy atom. The Morgan fingerprint density at radius 3 is 2.43 bits per heavy atom. The molecule has 0 aromatic carbocycles. The van der Waals surface area contributed by atoms with Crippen molar-refractivity contribution >= 4 is 16.9 Å². The van der Waals surface area contributed by atoms with Crippen molar-refractivity contribution in [2.24, 2.45) is 0 Å². The summed E-state index contributed by atoms with van der Waals surface area (Å²) in [6.07, 6.45) is 10.5.